The summed E-state index contributed by atoms with van der Waals surface area (Å²) in [5.74, 6) is 0.433. The third kappa shape index (κ3) is 4.19. The number of aromatic nitrogens is 2. The number of nitrogens with zero attached hydrogens (tertiary/aromatic N) is 2. The van der Waals surface area contributed by atoms with Gasteiger partial charge in [0.25, 0.3) is 5.69 Å². The van der Waals surface area contributed by atoms with E-state index in [1.54, 1.807) is 24.3 Å². The Morgan fingerprint density at radius 2 is 1.83 bits per heavy atom. The monoisotopic (exact) mass is 384 g/mol. The average molecular weight is 384 g/mol. The molecule has 29 heavy (non-hydrogen) atoms. The highest BCUT2D eigenvalue weighted by atomic mass is 16.6. The maximum atomic E-state index is 12.1. The van der Waals surface area contributed by atoms with Gasteiger partial charge in [0.2, 0.25) is 5.91 Å². The van der Waals surface area contributed by atoms with Gasteiger partial charge in [0.05, 0.1) is 16.0 Å². The van der Waals surface area contributed by atoms with Gasteiger partial charge in [0.1, 0.15) is 5.82 Å². The van der Waals surface area contributed by atoms with E-state index < -0.39 is 4.92 Å². The molecule has 142 valence electrons. The van der Waals surface area contributed by atoms with Crippen LogP contribution in [0, 0.1) is 10.1 Å². The Balaban J connectivity index is 1.43. The van der Waals surface area contributed by atoms with Crippen LogP contribution in [-0.4, -0.2) is 20.8 Å². The topological polar surface area (TPSA) is 101 Å². The molecule has 0 unspecified atom stereocenters. The van der Waals surface area contributed by atoms with Crippen molar-refractivity contribution < 1.29 is 9.72 Å². The zero-order chi connectivity index (χ0) is 20.2. The molecule has 1 aromatic heterocycles. The molecular formula is C22H16N4O3. The molecule has 0 aliphatic heterocycles. The van der Waals surface area contributed by atoms with Crippen LogP contribution in [0.3, 0.4) is 0 Å². The van der Waals surface area contributed by atoms with Gasteiger partial charge in [-0.25, -0.2) is 4.98 Å². The molecule has 7 nitrogen and oxygen atoms in total. The van der Waals surface area contributed by atoms with Gasteiger partial charge in [-0.15, -0.1) is 0 Å². The molecule has 0 bridgehead atoms. The molecule has 4 rings (SSSR count). The number of nitro benzene ring substituents is 1. The van der Waals surface area contributed by atoms with Gasteiger partial charge in [-0.05, 0) is 48.0 Å². The van der Waals surface area contributed by atoms with Gasteiger partial charge in [-0.1, -0.05) is 24.3 Å². The maximum absolute atomic E-state index is 12.1. The highest BCUT2D eigenvalue weighted by molar-refractivity contribution is 6.02. The molecule has 3 aromatic carbocycles. The Bertz CT molecular complexity index is 1190. The van der Waals surface area contributed by atoms with E-state index in [0.717, 1.165) is 22.4 Å². The fourth-order valence-corrected chi connectivity index (χ4v) is 2.90. The van der Waals surface area contributed by atoms with Crippen molar-refractivity contribution in [1.82, 2.24) is 9.97 Å². The summed E-state index contributed by atoms with van der Waals surface area (Å²) >= 11 is 0. The molecule has 1 heterocycles. The molecule has 0 radical (unpaired) electrons. The van der Waals surface area contributed by atoms with E-state index in [0.29, 0.717) is 11.3 Å². The van der Waals surface area contributed by atoms with E-state index in [2.05, 4.69) is 15.3 Å². The number of hydrogen-bond donors (Lipinski definition) is 2. The quantitative estimate of drug-likeness (QED) is 0.293. The number of anilines is 1. The first kappa shape index (κ1) is 18.1. The molecule has 7 heteroatoms. The number of nitro groups is 1. The molecule has 0 aliphatic carbocycles. The van der Waals surface area contributed by atoms with Crippen LogP contribution in [0.5, 0.6) is 0 Å². The van der Waals surface area contributed by atoms with Crippen molar-refractivity contribution in [2.24, 2.45) is 0 Å². The first-order valence-electron chi connectivity index (χ1n) is 8.87. The summed E-state index contributed by atoms with van der Waals surface area (Å²) in [5, 5.41) is 13.6. The van der Waals surface area contributed by atoms with Gasteiger partial charge < -0.3 is 10.3 Å². The third-order valence-electron chi connectivity index (χ3n) is 4.32. The SMILES string of the molecule is O=C(/C=C/c1cccc([N+](=O)[O-])c1)Nc1ccc(-c2nc3ccccc3[nH]2)cc1. The summed E-state index contributed by atoms with van der Waals surface area (Å²) in [6, 6.07) is 21.2. The number of hydrogen-bond acceptors (Lipinski definition) is 4. The van der Waals surface area contributed by atoms with Gasteiger partial charge in [-0.3, -0.25) is 14.9 Å². The first-order chi connectivity index (χ1) is 14.1. The Morgan fingerprint density at radius 3 is 2.59 bits per heavy atom. The Labute approximate surface area is 165 Å². The number of imidazole rings is 1. The molecule has 2 N–H and O–H groups in total. The number of aromatic amines is 1. The summed E-state index contributed by atoms with van der Waals surface area (Å²) in [5.41, 5.74) is 3.96. The predicted octanol–water partition coefficient (Wildman–Crippen LogP) is 4.79. The van der Waals surface area contributed by atoms with Crippen LogP contribution in [0.15, 0.2) is 78.9 Å². The lowest BCUT2D eigenvalue weighted by atomic mass is 10.2. The van der Waals surface area contributed by atoms with Gasteiger partial charge >= 0.3 is 0 Å². The zero-order valence-electron chi connectivity index (χ0n) is 15.2. The van der Waals surface area contributed by atoms with Crippen LogP contribution in [0.1, 0.15) is 5.56 Å². The van der Waals surface area contributed by atoms with Crippen molar-refractivity contribution in [3.05, 3.63) is 94.6 Å². The predicted molar refractivity (Wildman–Crippen MR) is 112 cm³/mol. The van der Waals surface area contributed by atoms with Crippen molar-refractivity contribution >= 4 is 34.4 Å². The maximum Gasteiger partial charge on any atom is 0.270 e. The van der Waals surface area contributed by atoms with Gasteiger partial charge in [0.15, 0.2) is 0 Å². The molecule has 0 fully saturated rings. The number of fused-ring (bicyclic) bond motifs is 1. The highest BCUT2D eigenvalue weighted by Gasteiger charge is 2.06. The number of amides is 1. The zero-order valence-corrected chi connectivity index (χ0v) is 15.2. The highest BCUT2D eigenvalue weighted by Crippen LogP contribution is 2.22. The third-order valence-corrected chi connectivity index (χ3v) is 4.32. The molecule has 1 amide bonds. The number of rotatable bonds is 5. The van der Waals surface area contributed by atoms with Crippen molar-refractivity contribution in [2.75, 3.05) is 5.32 Å². The second-order valence-corrected chi connectivity index (χ2v) is 6.35. The van der Waals surface area contributed by atoms with Gasteiger partial charge in [-0.2, -0.15) is 0 Å². The van der Waals surface area contributed by atoms with Crippen molar-refractivity contribution in [1.29, 1.82) is 0 Å². The molecule has 0 saturated heterocycles. The first-order valence-corrected chi connectivity index (χ1v) is 8.87. The Morgan fingerprint density at radius 1 is 1.03 bits per heavy atom. The number of carbonyl (C=O) groups is 1. The minimum absolute atomic E-state index is 0.0197. The molecule has 0 aliphatic rings. The average Bonchev–Trinajstić information content (AvgIpc) is 3.17. The number of para-hydroxylation sites is 2. The second-order valence-electron chi connectivity index (χ2n) is 6.35. The van der Waals surface area contributed by atoms with E-state index in [-0.39, 0.29) is 11.6 Å². The number of carbonyl (C=O) groups excluding carboxylic acids is 1. The minimum Gasteiger partial charge on any atom is -0.338 e. The lowest BCUT2D eigenvalue weighted by Crippen LogP contribution is -2.07. The van der Waals surface area contributed by atoms with Crippen molar-refractivity contribution in [3.63, 3.8) is 0 Å². The van der Waals surface area contributed by atoms with Crippen LogP contribution in [0.2, 0.25) is 0 Å². The molecule has 4 aromatic rings. The van der Waals surface area contributed by atoms with Crippen LogP contribution < -0.4 is 5.32 Å². The van der Waals surface area contributed by atoms with E-state index >= 15 is 0 Å². The standard InChI is InChI=1S/C22H16N4O3/c27-21(13-8-15-4-3-5-18(14-15)26(28)29)23-17-11-9-16(10-12-17)22-24-19-6-1-2-7-20(19)25-22/h1-14H,(H,23,27)(H,24,25)/b13-8+. The lowest BCUT2D eigenvalue weighted by molar-refractivity contribution is -0.384. The fraction of sp³-hybridized carbons (Fsp3) is 0. The van der Waals surface area contributed by atoms with Crippen molar-refractivity contribution in [2.45, 2.75) is 0 Å². The number of non-ortho nitro benzene ring substituents is 1. The van der Waals surface area contributed by atoms with Gasteiger partial charge in [0, 0.05) is 29.5 Å². The molecule has 0 saturated carbocycles. The smallest absolute Gasteiger partial charge is 0.270 e. The minimum atomic E-state index is -0.471. The number of benzene rings is 3. The van der Waals surface area contributed by atoms with E-state index in [1.807, 2.05) is 36.4 Å². The summed E-state index contributed by atoms with van der Waals surface area (Å²) in [4.78, 5) is 30.3. The van der Waals surface area contributed by atoms with Crippen molar-refractivity contribution in [3.8, 4) is 11.4 Å². The summed E-state index contributed by atoms with van der Waals surface area (Å²) in [6.07, 6.45) is 2.87. The number of H-pyrrole nitrogens is 1. The fourth-order valence-electron chi connectivity index (χ4n) is 2.90. The van der Waals surface area contributed by atoms with Crippen LogP contribution >= 0.6 is 0 Å². The molecule has 0 atom stereocenters. The Hall–Kier alpha value is -4.26. The van der Waals surface area contributed by atoms with Crippen LogP contribution in [0.25, 0.3) is 28.5 Å². The summed E-state index contributed by atoms with van der Waals surface area (Å²) < 4.78 is 0. The normalized spacial score (nSPS) is 11.0. The number of nitrogens with one attached hydrogen (secondary N) is 2. The lowest BCUT2D eigenvalue weighted by Gasteiger charge is -2.03. The van der Waals surface area contributed by atoms with Crippen LogP contribution in [-0.2, 0) is 4.79 Å². The summed E-state index contributed by atoms with van der Waals surface area (Å²) in [6.45, 7) is 0. The van der Waals surface area contributed by atoms with E-state index in [9.17, 15) is 14.9 Å². The largest absolute Gasteiger partial charge is 0.338 e. The second kappa shape index (κ2) is 7.77. The Kier molecular flexibility index (Phi) is 4.86. The van der Waals surface area contributed by atoms with E-state index in [4.69, 9.17) is 0 Å². The molecular weight excluding hydrogens is 368 g/mol. The summed E-state index contributed by atoms with van der Waals surface area (Å²) in [7, 11) is 0. The molecule has 0 spiro atoms. The van der Waals surface area contributed by atoms with Crippen LogP contribution in [0.4, 0.5) is 11.4 Å². The van der Waals surface area contributed by atoms with E-state index in [1.165, 1.54) is 24.3 Å².